The van der Waals surface area contributed by atoms with Crippen molar-refractivity contribution >= 4 is 5.97 Å². The number of carbonyl (C=O) groups is 1. The first-order valence-electron chi connectivity index (χ1n) is 7.07. The van der Waals surface area contributed by atoms with Gasteiger partial charge in [-0.25, -0.2) is 4.79 Å². The van der Waals surface area contributed by atoms with E-state index < -0.39 is 0 Å². The summed E-state index contributed by atoms with van der Waals surface area (Å²) in [6.07, 6.45) is 0. The third-order valence-corrected chi connectivity index (χ3v) is 3.37. The lowest BCUT2D eigenvalue weighted by molar-refractivity contribution is 0.0526. The highest BCUT2D eigenvalue weighted by atomic mass is 16.5. The molecule has 0 aliphatic heterocycles. The molecule has 2 aromatic carbocycles. The van der Waals surface area contributed by atoms with Gasteiger partial charge in [-0.05, 0) is 55.7 Å². The van der Waals surface area contributed by atoms with E-state index in [0.29, 0.717) is 24.5 Å². The molecule has 0 N–H and O–H groups in total. The van der Waals surface area contributed by atoms with Crippen LogP contribution in [0, 0.1) is 13.8 Å². The van der Waals surface area contributed by atoms with E-state index in [9.17, 15) is 4.79 Å². The van der Waals surface area contributed by atoms with Gasteiger partial charge in [-0.3, -0.25) is 0 Å². The van der Waals surface area contributed by atoms with Crippen LogP contribution in [0.5, 0.6) is 5.75 Å². The SMILES string of the molecule is CCOC(=O)c1cccc(OCc2c(C)cccc2C)c1. The normalized spacial score (nSPS) is 10.2. The van der Waals surface area contributed by atoms with Crippen LogP contribution in [0.3, 0.4) is 0 Å². The predicted molar refractivity (Wildman–Crippen MR) is 82.6 cm³/mol. The van der Waals surface area contributed by atoms with Crippen molar-refractivity contribution in [3.8, 4) is 5.75 Å². The molecule has 0 aromatic heterocycles. The van der Waals surface area contributed by atoms with Crippen LogP contribution < -0.4 is 4.74 Å². The lowest BCUT2D eigenvalue weighted by Crippen LogP contribution is -2.05. The van der Waals surface area contributed by atoms with Gasteiger partial charge < -0.3 is 9.47 Å². The van der Waals surface area contributed by atoms with E-state index in [4.69, 9.17) is 9.47 Å². The Bertz CT molecular complexity index is 612. The Hall–Kier alpha value is -2.29. The van der Waals surface area contributed by atoms with Crippen molar-refractivity contribution in [3.05, 3.63) is 64.7 Å². The topological polar surface area (TPSA) is 35.5 Å². The van der Waals surface area contributed by atoms with E-state index in [1.807, 2.05) is 12.1 Å². The van der Waals surface area contributed by atoms with Gasteiger partial charge in [-0.1, -0.05) is 24.3 Å². The highest BCUT2D eigenvalue weighted by Gasteiger charge is 2.08. The monoisotopic (exact) mass is 284 g/mol. The number of hydrogen-bond acceptors (Lipinski definition) is 3. The maximum atomic E-state index is 11.7. The molecular weight excluding hydrogens is 264 g/mol. The quantitative estimate of drug-likeness (QED) is 0.777. The molecule has 0 bridgehead atoms. The molecule has 0 aliphatic carbocycles. The van der Waals surface area contributed by atoms with Gasteiger partial charge in [0.1, 0.15) is 12.4 Å². The molecule has 0 radical (unpaired) electrons. The molecule has 2 rings (SSSR count). The average molecular weight is 284 g/mol. The highest BCUT2D eigenvalue weighted by Crippen LogP contribution is 2.19. The molecule has 0 unspecified atom stereocenters. The van der Waals surface area contributed by atoms with Gasteiger partial charge in [-0.2, -0.15) is 0 Å². The second-order valence-corrected chi connectivity index (χ2v) is 4.91. The number of hydrogen-bond donors (Lipinski definition) is 0. The van der Waals surface area contributed by atoms with Gasteiger partial charge in [0.25, 0.3) is 0 Å². The first-order chi connectivity index (χ1) is 10.1. The van der Waals surface area contributed by atoms with Crippen molar-refractivity contribution < 1.29 is 14.3 Å². The Kier molecular flexibility index (Phi) is 4.99. The molecule has 3 heteroatoms. The zero-order valence-electron chi connectivity index (χ0n) is 12.7. The van der Waals surface area contributed by atoms with Gasteiger partial charge in [0.2, 0.25) is 0 Å². The number of ether oxygens (including phenoxy) is 2. The fourth-order valence-corrected chi connectivity index (χ4v) is 2.16. The fraction of sp³-hybridized carbons (Fsp3) is 0.278. The zero-order chi connectivity index (χ0) is 15.2. The van der Waals surface area contributed by atoms with Crippen molar-refractivity contribution in [3.63, 3.8) is 0 Å². The number of benzene rings is 2. The Morgan fingerprint density at radius 3 is 2.38 bits per heavy atom. The number of carbonyl (C=O) groups excluding carboxylic acids is 1. The minimum Gasteiger partial charge on any atom is -0.489 e. The van der Waals surface area contributed by atoms with Crippen molar-refractivity contribution in [1.82, 2.24) is 0 Å². The van der Waals surface area contributed by atoms with Crippen LogP contribution in [-0.4, -0.2) is 12.6 Å². The van der Waals surface area contributed by atoms with Crippen molar-refractivity contribution in [2.45, 2.75) is 27.4 Å². The molecule has 0 saturated heterocycles. The third kappa shape index (κ3) is 3.85. The summed E-state index contributed by atoms with van der Waals surface area (Å²) in [7, 11) is 0. The smallest absolute Gasteiger partial charge is 0.338 e. The molecule has 0 aliphatic rings. The number of aryl methyl sites for hydroxylation is 2. The predicted octanol–water partition coefficient (Wildman–Crippen LogP) is 4.06. The maximum Gasteiger partial charge on any atom is 0.338 e. The number of rotatable bonds is 5. The average Bonchev–Trinajstić information content (AvgIpc) is 2.47. The summed E-state index contributed by atoms with van der Waals surface area (Å²) in [4.78, 5) is 11.7. The van der Waals surface area contributed by atoms with E-state index >= 15 is 0 Å². The van der Waals surface area contributed by atoms with Gasteiger partial charge in [-0.15, -0.1) is 0 Å². The van der Waals surface area contributed by atoms with Crippen molar-refractivity contribution in [2.75, 3.05) is 6.61 Å². The van der Waals surface area contributed by atoms with Crippen LogP contribution in [-0.2, 0) is 11.3 Å². The molecule has 3 nitrogen and oxygen atoms in total. The van der Waals surface area contributed by atoms with Crippen LogP contribution >= 0.6 is 0 Å². The van der Waals surface area contributed by atoms with Gasteiger partial charge in [0.15, 0.2) is 0 Å². The van der Waals surface area contributed by atoms with Gasteiger partial charge in [0.05, 0.1) is 12.2 Å². The second-order valence-electron chi connectivity index (χ2n) is 4.91. The highest BCUT2D eigenvalue weighted by molar-refractivity contribution is 5.89. The summed E-state index contributed by atoms with van der Waals surface area (Å²) >= 11 is 0. The Morgan fingerprint density at radius 2 is 1.71 bits per heavy atom. The van der Waals surface area contributed by atoms with E-state index in [1.54, 1.807) is 25.1 Å². The largest absolute Gasteiger partial charge is 0.489 e. The molecule has 0 atom stereocenters. The van der Waals surface area contributed by atoms with Crippen LogP contribution in [0.25, 0.3) is 0 Å². The molecule has 0 saturated carbocycles. The van der Waals surface area contributed by atoms with E-state index in [1.165, 1.54) is 16.7 Å². The van der Waals surface area contributed by atoms with Crippen LogP contribution in [0.15, 0.2) is 42.5 Å². The Balaban J connectivity index is 2.10. The van der Waals surface area contributed by atoms with Gasteiger partial charge >= 0.3 is 5.97 Å². The molecular formula is C18H20O3. The molecule has 0 fully saturated rings. The van der Waals surface area contributed by atoms with Crippen molar-refractivity contribution in [1.29, 1.82) is 0 Å². The minimum absolute atomic E-state index is 0.324. The van der Waals surface area contributed by atoms with E-state index in [2.05, 4.69) is 26.0 Å². The van der Waals surface area contributed by atoms with Gasteiger partial charge in [0, 0.05) is 0 Å². The molecule has 0 amide bonds. The third-order valence-electron chi connectivity index (χ3n) is 3.37. The summed E-state index contributed by atoms with van der Waals surface area (Å²) in [6.45, 7) is 6.79. The first-order valence-corrected chi connectivity index (χ1v) is 7.07. The molecule has 21 heavy (non-hydrogen) atoms. The number of esters is 1. The summed E-state index contributed by atoms with van der Waals surface area (Å²) < 4.78 is 10.8. The zero-order valence-corrected chi connectivity index (χ0v) is 12.7. The summed E-state index contributed by atoms with van der Waals surface area (Å²) in [5, 5.41) is 0. The lowest BCUT2D eigenvalue weighted by atomic mass is 10.0. The standard InChI is InChI=1S/C18H20O3/c1-4-20-18(19)15-9-6-10-16(11-15)21-12-17-13(2)7-5-8-14(17)3/h5-11H,4,12H2,1-3H3. The second kappa shape index (κ2) is 6.93. The Labute approximate surface area is 125 Å². The maximum absolute atomic E-state index is 11.7. The summed E-state index contributed by atoms with van der Waals surface area (Å²) in [5.74, 6) is 0.346. The van der Waals surface area contributed by atoms with Crippen molar-refractivity contribution in [2.24, 2.45) is 0 Å². The van der Waals surface area contributed by atoms with Crippen LogP contribution in [0.1, 0.15) is 34.0 Å². The van der Waals surface area contributed by atoms with Crippen LogP contribution in [0.2, 0.25) is 0 Å². The Morgan fingerprint density at radius 1 is 1.05 bits per heavy atom. The molecule has 0 heterocycles. The van der Waals surface area contributed by atoms with E-state index in [-0.39, 0.29) is 5.97 Å². The first kappa shape index (κ1) is 15.1. The molecule has 0 spiro atoms. The minimum atomic E-state index is -0.324. The summed E-state index contributed by atoms with van der Waals surface area (Å²) in [6, 6.07) is 13.3. The van der Waals surface area contributed by atoms with E-state index in [0.717, 1.165) is 0 Å². The molecule has 110 valence electrons. The van der Waals surface area contributed by atoms with Crippen LogP contribution in [0.4, 0.5) is 0 Å². The fourth-order valence-electron chi connectivity index (χ4n) is 2.16. The summed E-state index contributed by atoms with van der Waals surface area (Å²) in [5.41, 5.74) is 4.10. The lowest BCUT2D eigenvalue weighted by Gasteiger charge is -2.12. The molecule has 2 aromatic rings.